The first-order chi connectivity index (χ1) is 14.5. The van der Waals surface area contributed by atoms with Crippen LogP contribution < -0.4 is 5.56 Å². The summed E-state index contributed by atoms with van der Waals surface area (Å²) in [5.74, 6) is -0.293. The third-order valence-electron chi connectivity index (χ3n) is 4.64. The monoisotopic (exact) mass is 424 g/mol. The van der Waals surface area contributed by atoms with Crippen molar-refractivity contribution >= 4 is 28.6 Å². The molecule has 0 aliphatic carbocycles. The topological polar surface area (TPSA) is 74.3 Å². The average molecular weight is 424 g/mol. The number of furan rings is 1. The van der Waals surface area contributed by atoms with E-state index in [0.717, 1.165) is 0 Å². The van der Waals surface area contributed by atoms with Crippen molar-refractivity contribution in [3.05, 3.63) is 87.9 Å². The van der Waals surface area contributed by atoms with Gasteiger partial charge in [-0.3, -0.25) is 9.36 Å². The van der Waals surface area contributed by atoms with Crippen LogP contribution in [0.3, 0.4) is 0 Å². The molecule has 0 radical (unpaired) electrons. The van der Waals surface area contributed by atoms with Gasteiger partial charge in [-0.05, 0) is 42.8 Å². The largest absolute Gasteiger partial charge is 0.468 e. The van der Waals surface area contributed by atoms with Crippen LogP contribution in [-0.2, 0) is 10.5 Å². The molecule has 0 saturated carbocycles. The summed E-state index contributed by atoms with van der Waals surface area (Å²) in [4.78, 5) is 29.7. The number of rotatable bonds is 5. The lowest BCUT2D eigenvalue weighted by molar-refractivity contribution is 0.0598. The van der Waals surface area contributed by atoms with Gasteiger partial charge in [-0.2, -0.15) is 0 Å². The molecule has 0 aliphatic rings. The quantitative estimate of drug-likeness (QED) is 0.267. The molecule has 0 unspecified atom stereocenters. The molecule has 0 bridgehead atoms. The number of ether oxygens (including phenoxy) is 1. The third-order valence-corrected chi connectivity index (χ3v) is 5.58. The van der Waals surface area contributed by atoms with Gasteiger partial charge in [-0.25, -0.2) is 14.2 Å². The Hall–Kier alpha value is -3.39. The fourth-order valence-corrected chi connectivity index (χ4v) is 4.00. The number of aryl methyl sites for hydroxylation is 1. The van der Waals surface area contributed by atoms with Crippen molar-refractivity contribution < 1.29 is 18.3 Å². The summed E-state index contributed by atoms with van der Waals surface area (Å²) in [6, 6.07) is 13.1. The maximum Gasteiger partial charge on any atom is 0.341 e. The SMILES string of the molecule is COC(=O)c1ccoc1CSc1nc2ccccc2c(=O)n1-c1ccc(C)c(F)c1. The normalized spacial score (nSPS) is 11.0. The highest BCUT2D eigenvalue weighted by Crippen LogP contribution is 2.27. The molecule has 2 aromatic carbocycles. The van der Waals surface area contributed by atoms with Gasteiger partial charge < -0.3 is 9.15 Å². The molecule has 2 heterocycles. The van der Waals surface area contributed by atoms with Crippen LogP contribution in [0.15, 0.2) is 69.2 Å². The molecule has 6 nitrogen and oxygen atoms in total. The molecule has 0 atom stereocenters. The zero-order valence-electron chi connectivity index (χ0n) is 16.2. The second-order valence-electron chi connectivity index (χ2n) is 6.52. The summed E-state index contributed by atoms with van der Waals surface area (Å²) in [5, 5.41) is 0.783. The molecule has 30 heavy (non-hydrogen) atoms. The minimum absolute atomic E-state index is 0.233. The van der Waals surface area contributed by atoms with Crippen LogP contribution in [0, 0.1) is 12.7 Å². The van der Waals surface area contributed by atoms with E-state index in [1.54, 1.807) is 43.3 Å². The maximum atomic E-state index is 14.2. The number of para-hydroxylation sites is 1. The maximum absolute atomic E-state index is 14.2. The fourth-order valence-electron chi connectivity index (χ4n) is 3.03. The molecule has 4 aromatic rings. The number of halogens is 1. The van der Waals surface area contributed by atoms with Gasteiger partial charge in [0.1, 0.15) is 17.1 Å². The fraction of sp³-hybridized carbons (Fsp3) is 0.136. The number of carbonyl (C=O) groups is 1. The number of hydrogen-bond donors (Lipinski definition) is 0. The van der Waals surface area contributed by atoms with E-state index in [1.165, 1.54) is 41.8 Å². The number of nitrogens with zero attached hydrogens (tertiary/aromatic N) is 2. The Morgan fingerprint density at radius 2 is 2.03 bits per heavy atom. The second kappa shape index (κ2) is 8.16. The Labute approximate surface area is 175 Å². The van der Waals surface area contributed by atoms with Gasteiger partial charge in [0.2, 0.25) is 0 Å². The zero-order chi connectivity index (χ0) is 21.3. The number of thioether (sulfide) groups is 1. The van der Waals surface area contributed by atoms with Crippen molar-refractivity contribution in [1.82, 2.24) is 9.55 Å². The first kappa shape index (κ1) is 19.9. The molecule has 0 N–H and O–H groups in total. The number of esters is 1. The first-order valence-corrected chi connectivity index (χ1v) is 10.0. The number of aromatic nitrogens is 2. The lowest BCUT2D eigenvalue weighted by Crippen LogP contribution is -2.22. The standard InChI is InChI=1S/C22H17FN2O4S/c1-13-7-8-14(11-17(13)23)25-20(26)15-5-3-4-6-18(15)24-22(25)30-12-19-16(9-10-29-19)21(27)28-2/h3-11H,12H2,1-2H3. The Kier molecular flexibility index (Phi) is 5.41. The zero-order valence-corrected chi connectivity index (χ0v) is 17.0. The van der Waals surface area contributed by atoms with E-state index in [4.69, 9.17) is 9.15 Å². The molecule has 152 valence electrons. The van der Waals surface area contributed by atoms with Gasteiger partial charge >= 0.3 is 5.97 Å². The van der Waals surface area contributed by atoms with E-state index < -0.39 is 11.8 Å². The Bertz CT molecular complexity index is 1310. The van der Waals surface area contributed by atoms with E-state index in [2.05, 4.69) is 4.98 Å². The minimum Gasteiger partial charge on any atom is -0.468 e. The van der Waals surface area contributed by atoms with E-state index in [-0.39, 0.29) is 11.3 Å². The molecule has 0 spiro atoms. The minimum atomic E-state index is -0.510. The predicted molar refractivity (Wildman–Crippen MR) is 112 cm³/mol. The van der Waals surface area contributed by atoms with Crippen LogP contribution in [0.5, 0.6) is 0 Å². The van der Waals surface area contributed by atoms with E-state index >= 15 is 0 Å². The number of hydrogen-bond acceptors (Lipinski definition) is 6. The predicted octanol–water partition coefficient (Wildman–Crippen LogP) is 4.51. The van der Waals surface area contributed by atoms with Crippen LogP contribution in [0.4, 0.5) is 4.39 Å². The summed E-state index contributed by atoms with van der Waals surface area (Å²) in [5.41, 5.74) is 1.38. The van der Waals surface area contributed by atoms with Gasteiger partial charge in [-0.15, -0.1) is 0 Å². The van der Waals surface area contributed by atoms with Gasteiger partial charge in [0.25, 0.3) is 5.56 Å². The molecule has 4 rings (SSSR count). The highest BCUT2D eigenvalue weighted by atomic mass is 32.2. The molecule has 0 saturated heterocycles. The summed E-state index contributed by atoms with van der Waals surface area (Å²) in [6.45, 7) is 1.65. The van der Waals surface area contributed by atoms with Crippen LogP contribution in [0.1, 0.15) is 21.7 Å². The van der Waals surface area contributed by atoms with E-state index in [1.807, 2.05) is 0 Å². The smallest absolute Gasteiger partial charge is 0.341 e. The second-order valence-corrected chi connectivity index (χ2v) is 7.47. The van der Waals surface area contributed by atoms with Crippen LogP contribution in [-0.4, -0.2) is 22.6 Å². The average Bonchev–Trinajstić information content (AvgIpc) is 3.22. The Morgan fingerprint density at radius 1 is 1.23 bits per heavy atom. The van der Waals surface area contributed by atoms with Crippen LogP contribution in [0.25, 0.3) is 16.6 Å². The third kappa shape index (κ3) is 3.61. The highest BCUT2D eigenvalue weighted by molar-refractivity contribution is 7.98. The number of benzene rings is 2. The molecular weight excluding hydrogens is 407 g/mol. The Balaban J connectivity index is 1.82. The number of methoxy groups -OCH3 is 1. The molecule has 2 aromatic heterocycles. The molecule has 0 amide bonds. The lowest BCUT2D eigenvalue weighted by atomic mass is 10.2. The van der Waals surface area contributed by atoms with Crippen molar-refractivity contribution in [2.24, 2.45) is 0 Å². The highest BCUT2D eigenvalue weighted by Gasteiger charge is 2.18. The van der Waals surface area contributed by atoms with Gasteiger partial charge in [0.15, 0.2) is 5.16 Å². The van der Waals surface area contributed by atoms with Gasteiger partial charge in [0.05, 0.1) is 35.7 Å². The molecule has 0 fully saturated rings. The van der Waals surface area contributed by atoms with Crippen molar-refractivity contribution in [2.45, 2.75) is 17.8 Å². The Morgan fingerprint density at radius 3 is 2.80 bits per heavy atom. The lowest BCUT2D eigenvalue weighted by Gasteiger charge is -2.13. The summed E-state index contributed by atoms with van der Waals surface area (Å²) >= 11 is 1.21. The summed E-state index contributed by atoms with van der Waals surface area (Å²) in [6.07, 6.45) is 1.40. The van der Waals surface area contributed by atoms with Gasteiger partial charge in [0, 0.05) is 0 Å². The first-order valence-electron chi connectivity index (χ1n) is 9.05. The molecular formula is C22H17FN2O4S. The summed E-state index contributed by atoms with van der Waals surface area (Å²) in [7, 11) is 1.29. The van der Waals surface area contributed by atoms with Crippen molar-refractivity contribution in [3.8, 4) is 5.69 Å². The molecule has 8 heteroatoms. The van der Waals surface area contributed by atoms with Crippen LogP contribution >= 0.6 is 11.8 Å². The number of fused-ring (bicyclic) bond motifs is 1. The summed E-state index contributed by atoms with van der Waals surface area (Å²) < 4.78 is 25.8. The van der Waals surface area contributed by atoms with Crippen molar-refractivity contribution in [3.63, 3.8) is 0 Å². The van der Waals surface area contributed by atoms with Crippen molar-refractivity contribution in [2.75, 3.05) is 7.11 Å². The van der Waals surface area contributed by atoms with E-state index in [9.17, 15) is 14.0 Å². The van der Waals surface area contributed by atoms with E-state index in [0.29, 0.717) is 38.6 Å². The number of carbonyl (C=O) groups excluding carboxylic acids is 1. The van der Waals surface area contributed by atoms with Crippen LogP contribution in [0.2, 0.25) is 0 Å². The molecule has 0 aliphatic heterocycles. The van der Waals surface area contributed by atoms with Gasteiger partial charge in [-0.1, -0.05) is 30.0 Å². The van der Waals surface area contributed by atoms with Crippen molar-refractivity contribution in [1.29, 1.82) is 0 Å².